The molecule has 0 rings (SSSR count). The molecular formula is C34H66O4. The fourth-order valence-corrected chi connectivity index (χ4v) is 5.51. The Kier molecular flexibility index (Phi) is 20.2. The minimum Gasteiger partial charge on any atom is -0.481 e. The van der Waals surface area contributed by atoms with Crippen LogP contribution in [0.25, 0.3) is 0 Å². The van der Waals surface area contributed by atoms with Crippen LogP contribution in [0.1, 0.15) is 171 Å². The van der Waals surface area contributed by atoms with Gasteiger partial charge in [-0.3, -0.25) is 9.59 Å². The topological polar surface area (TPSA) is 63.6 Å². The highest BCUT2D eigenvalue weighted by Gasteiger charge is 2.50. The van der Waals surface area contributed by atoms with Gasteiger partial charge in [-0.1, -0.05) is 165 Å². The van der Waals surface area contributed by atoms with Crippen molar-refractivity contribution in [1.82, 2.24) is 0 Å². The van der Waals surface area contributed by atoms with E-state index in [2.05, 4.69) is 6.92 Å². The molecule has 0 fully saturated rings. The summed E-state index contributed by atoms with van der Waals surface area (Å²) in [5.41, 5.74) is -1.00. The van der Waals surface area contributed by atoms with Crippen LogP contribution in [0.2, 0.25) is 0 Å². The number of carboxylic acids is 1. The normalized spacial score (nSPS) is 14.0. The molecule has 0 aliphatic carbocycles. The molecule has 2 unspecified atom stereocenters. The average Bonchev–Trinajstić information content (AvgIpc) is 2.82. The predicted octanol–water partition coefficient (Wildman–Crippen LogP) is 10.6. The molecule has 0 aliphatic rings. The van der Waals surface area contributed by atoms with Crippen LogP contribution in [-0.4, -0.2) is 23.7 Å². The van der Waals surface area contributed by atoms with Crippen LogP contribution >= 0.6 is 0 Å². The molecule has 38 heavy (non-hydrogen) atoms. The smallest absolute Gasteiger partial charge is 0.310 e. The first-order chi connectivity index (χ1) is 17.9. The maximum Gasteiger partial charge on any atom is 0.310 e. The Morgan fingerprint density at radius 2 is 0.947 bits per heavy atom. The molecule has 0 spiro atoms. The van der Waals surface area contributed by atoms with Crippen LogP contribution in [0.15, 0.2) is 0 Å². The molecule has 0 aliphatic heterocycles. The number of rotatable bonds is 24. The molecule has 1 N–H and O–H groups in total. The fourth-order valence-electron chi connectivity index (χ4n) is 5.51. The number of carboxylic acid groups (broad SMARTS) is 1. The second-order valence-corrected chi connectivity index (χ2v) is 13.8. The Labute approximate surface area is 237 Å². The van der Waals surface area contributed by atoms with Gasteiger partial charge in [0.2, 0.25) is 0 Å². The molecule has 0 saturated carbocycles. The number of carbonyl (C=O) groups excluding carboxylic acids is 1. The van der Waals surface area contributed by atoms with E-state index in [-0.39, 0.29) is 11.9 Å². The Morgan fingerprint density at radius 1 is 0.605 bits per heavy atom. The number of carbonyl (C=O) groups is 2. The van der Waals surface area contributed by atoms with E-state index in [1.54, 1.807) is 0 Å². The summed E-state index contributed by atoms with van der Waals surface area (Å²) in [7, 11) is 0. The Balaban J connectivity index is 3.99. The molecule has 0 radical (unpaired) electrons. The van der Waals surface area contributed by atoms with Gasteiger partial charge in [0.15, 0.2) is 0 Å². The van der Waals surface area contributed by atoms with Crippen molar-refractivity contribution in [1.29, 1.82) is 0 Å². The van der Waals surface area contributed by atoms with Gasteiger partial charge >= 0.3 is 11.9 Å². The quantitative estimate of drug-likeness (QED) is 0.0980. The van der Waals surface area contributed by atoms with Gasteiger partial charge in [-0.25, -0.2) is 0 Å². The molecule has 2 atom stereocenters. The molecule has 0 heterocycles. The summed E-state index contributed by atoms with van der Waals surface area (Å²) in [6.07, 6.45) is 23.8. The van der Waals surface area contributed by atoms with Gasteiger partial charge in [0.05, 0.1) is 18.4 Å². The molecule has 0 amide bonds. The fraction of sp³-hybridized carbons (Fsp3) is 0.941. The summed E-state index contributed by atoms with van der Waals surface area (Å²) in [5, 5.41) is 10.1. The number of aliphatic carboxylic acids is 1. The lowest BCUT2D eigenvalue weighted by Crippen LogP contribution is -2.48. The summed E-state index contributed by atoms with van der Waals surface area (Å²) in [4.78, 5) is 25.4. The van der Waals surface area contributed by atoms with E-state index in [0.717, 1.165) is 12.8 Å². The molecule has 0 aromatic heterocycles. The van der Waals surface area contributed by atoms with Crippen LogP contribution < -0.4 is 0 Å². The second-order valence-electron chi connectivity index (χ2n) is 13.8. The molecule has 0 aromatic carbocycles. The van der Waals surface area contributed by atoms with Crippen LogP contribution in [0.5, 0.6) is 0 Å². The molecule has 0 bridgehead atoms. The highest BCUT2D eigenvalue weighted by molar-refractivity contribution is 5.82. The van der Waals surface area contributed by atoms with Crippen LogP contribution in [0.3, 0.4) is 0 Å². The van der Waals surface area contributed by atoms with Crippen molar-refractivity contribution in [2.45, 2.75) is 171 Å². The summed E-state index contributed by atoms with van der Waals surface area (Å²) >= 11 is 0. The van der Waals surface area contributed by atoms with Gasteiger partial charge in [-0.2, -0.15) is 0 Å². The number of unbranched alkanes of at least 4 members (excludes halogenated alkanes) is 17. The lowest BCUT2D eigenvalue weighted by Gasteiger charge is -2.43. The van der Waals surface area contributed by atoms with E-state index in [1.165, 1.54) is 103 Å². The largest absolute Gasteiger partial charge is 0.481 e. The van der Waals surface area contributed by atoms with Crippen LogP contribution in [-0.2, 0) is 14.3 Å². The lowest BCUT2D eigenvalue weighted by atomic mass is 9.60. The van der Waals surface area contributed by atoms with Crippen molar-refractivity contribution in [3.63, 3.8) is 0 Å². The van der Waals surface area contributed by atoms with E-state index in [0.29, 0.717) is 6.61 Å². The number of hydrogen-bond acceptors (Lipinski definition) is 3. The molecular weight excluding hydrogens is 472 g/mol. The summed E-state index contributed by atoms with van der Waals surface area (Å²) in [6.45, 7) is 16.5. The van der Waals surface area contributed by atoms with Crippen molar-refractivity contribution in [3.8, 4) is 0 Å². The molecule has 0 aromatic rings. The lowest BCUT2D eigenvalue weighted by molar-refractivity contribution is -0.170. The zero-order valence-corrected chi connectivity index (χ0v) is 26.8. The van der Waals surface area contributed by atoms with Crippen LogP contribution in [0, 0.1) is 28.6 Å². The highest BCUT2D eigenvalue weighted by Crippen LogP contribution is 2.46. The number of esters is 1. The third-order valence-corrected chi connectivity index (χ3v) is 8.82. The Hall–Kier alpha value is -1.06. The van der Waals surface area contributed by atoms with E-state index < -0.39 is 28.6 Å². The van der Waals surface area contributed by atoms with E-state index in [9.17, 15) is 14.7 Å². The molecule has 226 valence electrons. The first kappa shape index (κ1) is 36.9. The SMILES string of the molecule is CCCCCCCCCCCCCCCCCCCCOC(=O)C(C(C(=O)O)C(C)(C)C(C)C)C(C)(C)C. The van der Waals surface area contributed by atoms with Gasteiger partial charge in [0, 0.05) is 0 Å². The van der Waals surface area contributed by atoms with Gasteiger partial charge < -0.3 is 9.84 Å². The minimum absolute atomic E-state index is 0.135. The maximum atomic E-state index is 13.1. The van der Waals surface area contributed by atoms with E-state index in [4.69, 9.17) is 4.74 Å². The predicted molar refractivity (Wildman–Crippen MR) is 162 cm³/mol. The van der Waals surface area contributed by atoms with Gasteiger partial charge in [0.1, 0.15) is 0 Å². The van der Waals surface area contributed by atoms with Crippen molar-refractivity contribution < 1.29 is 19.4 Å². The Bertz CT molecular complexity index is 602. The maximum absolute atomic E-state index is 13.1. The monoisotopic (exact) mass is 538 g/mol. The van der Waals surface area contributed by atoms with E-state index in [1.807, 2.05) is 48.5 Å². The third-order valence-electron chi connectivity index (χ3n) is 8.82. The second kappa shape index (κ2) is 20.8. The van der Waals surface area contributed by atoms with Crippen molar-refractivity contribution in [2.24, 2.45) is 28.6 Å². The Morgan fingerprint density at radius 3 is 1.24 bits per heavy atom. The minimum atomic E-state index is -0.909. The number of ether oxygens (including phenoxy) is 1. The van der Waals surface area contributed by atoms with Gasteiger partial charge in [-0.05, 0) is 23.2 Å². The third kappa shape index (κ3) is 16.1. The zero-order valence-electron chi connectivity index (χ0n) is 26.8. The van der Waals surface area contributed by atoms with Crippen molar-refractivity contribution in [3.05, 3.63) is 0 Å². The van der Waals surface area contributed by atoms with Crippen molar-refractivity contribution in [2.75, 3.05) is 6.61 Å². The highest BCUT2D eigenvalue weighted by atomic mass is 16.5. The standard InChI is InChI=1S/C34H66O4/c1-9-10-11-12-13-14-15-16-17-18-19-20-21-22-23-24-25-26-27-38-32(37)30(33(4,5)6)29(31(35)36)34(7,8)28(2)3/h28-30H,9-27H2,1-8H3,(H,35,36). The first-order valence-corrected chi connectivity index (χ1v) is 16.3. The van der Waals surface area contributed by atoms with Crippen molar-refractivity contribution >= 4 is 11.9 Å². The zero-order chi connectivity index (χ0) is 29.0. The van der Waals surface area contributed by atoms with Gasteiger partial charge in [0.25, 0.3) is 0 Å². The first-order valence-electron chi connectivity index (χ1n) is 16.3. The summed E-state index contributed by atoms with van der Waals surface area (Å²) < 4.78 is 5.66. The van der Waals surface area contributed by atoms with E-state index >= 15 is 0 Å². The van der Waals surface area contributed by atoms with Gasteiger partial charge in [-0.15, -0.1) is 0 Å². The summed E-state index contributed by atoms with van der Waals surface area (Å²) in [5.74, 6) is -2.58. The summed E-state index contributed by atoms with van der Waals surface area (Å²) in [6, 6.07) is 0. The molecule has 4 nitrogen and oxygen atoms in total. The average molecular weight is 539 g/mol. The molecule has 4 heteroatoms. The van der Waals surface area contributed by atoms with Crippen LogP contribution in [0.4, 0.5) is 0 Å². The number of hydrogen-bond donors (Lipinski definition) is 1. The molecule has 0 saturated heterocycles.